The Balaban J connectivity index is 1.55. The first-order valence-corrected chi connectivity index (χ1v) is 11.2. The summed E-state index contributed by atoms with van der Waals surface area (Å²) in [4.78, 5) is 14.2. The van der Waals surface area contributed by atoms with E-state index in [-0.39, 0.29) is 5.02 Å². The van der Waals surface area contributed by atoms with Gasteiger partial charge in [-0.25, -0.2) is 19.3 Å². The molecule has 0 aliphatic heterocycles. The fourth-order valence-electron chi connectivity index (χ4n) is 4.14. The molecule has 0 spiro atoms. The Labute approximate surface area is 200 Å². The molecular formula is C29H17ClFN3. The van der Waals surface area contributed by atoms with Crippen LogP contribution < -0.4 is 0 Å². The number of aromatic nitrogens is 3. The zero-order valence-electron chi connectivity index (χ0n) is 17.9. The van der Waals surface area contributed by atoms with Gasteiger partial charge < -0.3 is 0 Å². The van der Waals surface area contributed by atoms with Crippen LogP contribution in [0.15, 0.2) is 103 Å². The highest BCUT2D eigenvalue weighted by Gasteiger charge is 2.14. The summed E-state index contributed by atoms with van der Waals surface area (Å²) >= 11 is 6.04. The molecule has 6 rings (SSSR count). The fraction of sp³-hybridized carbons (Fsp3) is 0. The second-order valence-electron chi connectivity index (χ2n) is 8.02. The first kappa shape index (κ1) is 20.5. The highest BCUT2D eigenvalue weighted by Crippen LogP contribution is 2.31. The molecule has 0 saturated heterocycles. The second kappa shape index (κ2) is 8.32. The molecule has 0 aliphatic rings. The lowest BCUT2D eigenvalue weighted by Gasteiger charge is -2.10. The number of hydrogen-bond donors (Lipinski definition) is 0. The average Bonchev–Trinajstić information content (AvgIpc) is 2.90. The van der Waals surface area contributed by atoms with Crippen molar-refractivity contribution in [2.24, 2.45) is 0 Å². The molecule has 6 aromatic rings. The van der Waals surface area contributed by atoms with Crippen LogP contribution >= 0.6 is 11.6 Å². The van der Waals surface area contributed by atoms with Crippen molar-refractivity contribution in [1.29, 1.82) is 0 Å². The van der Waals surface area contributed by atoms with Crippen LogP contribution in [0.4, 0.5) is 4.39 Å². The van der Waals surface area contributed by atoms with Gasteiger partial charge in [0, 0.05) is 16.7 Å². The molecule has 0 amide bonds. The second-order valence-corrected chi connectivity index (χ2v) is 8.43. The Hall–Kier alpha value is -4.15. The Morgan fingerprint density at radius 3 is 1.85 bits per heavy atom. The molecule has 5 aromatic carbocycles. The average molecular weight is 462 g/mol. The molecular weight excluding hydrogens is 445 g/mol. The molecule has 0 radical (unpaired) electrons. The van der Waals surface area contributed by atoms with Crippen molar-refractivity contribution >= 4 is 33.1 Å². The third kappa shape index (κ3) is 3.68. The van der Waals surface area contributed by atoms with Crippen molar-refractivity contribution in [1.82, 2.24) is 15.0 Å². The molecule has 0 fully saturated rings. The molecule has 5 heteroatoms. The summed E-state index contributed by atoms with van der Waals surface area (Å²) in [6.45, 7) is 0. The molecule has 1 aromatic heterocycles. The van der Waals surface area contributed by atoms with E-state index < -0.39 is 5.82 Å². The van der Waals surface area contributed by atoms with Gasteiger partial charge in [-0.3, -0.25) is 0 Å². The summed E-state index contributed by atoms with van der Waals surface area (Å²) in [6.07, 6.45) is 0. The number of benzene rings is 5. The molecule has 1 heterocycles. The molecule has 0 aliphatic carbocycles. The molecule has 162 valence electrons. The lowest BCUT2D eigenvalue weighted by atomic mass is 10.00. The van der Waals surface area contributed by atoms with Crippen molar-refractivity contribution in [3.05, 3.63) is 114 Å². The van der Waals surface area contributed by atoms with Gasteiger partial charge in [0.1, 0.15) is 5.82 Å². The van der Waals surface area contributed by atoms with Crippen molar-refractivity contribution in [2.45, 2.75) is 0 Å². The van der Waals surface area contributed by atoms with Gasteiger partial charge in [0.15, 0.2) is 17.5 Å². The summed E-state index contributed by atoms with van der Waals surface area (Å²) < 4.78 is 13.8. The summed E-state index contributed by atoms with van der Waals surface area (Å²) in [7, 11) is 0. The highest BCUT2D eigenvalue weighted by molar-refractivity contribution is 6.31. The maximum atomic E-state index is 13.8. The highest BCUT2D eigenvalue weighted by atomic mass is 35.5. The number of halogens is 2. The van der Waals surface area contributed by atoms with Gasteiger partial charge >= 0.3 is 0 Å². The molecule has 0 atom stereocenters. The van der Waals surface area contributed by atoms with Crippen LogP contribution in [0.2, 0.25) is 5.02 Å². The zero-order chi connectivity index (χ0) is 23.1. The van der Waals surface area contributed by atoms with Crippen LogP contribution in [0.1, 0.15) is 0 Å². The minimum atomic E-state index is -0.482. The van der Waals surface area contributed by atoms with Crippen LogP contribution in [-0.4, -0.2) is 15.0 Å². The number of fused-ring (bicyclic) bond motifs is 3. The Bertz CT molecular complexity index is 1680. The van der Waals surface area contributed by atoms with E-state index in [9.17, 15) is 4.39 Å². The minimum Gasteiger partial charge on any atom is -0.208 e. The normalized spacial score (nSPS) is 11.2. The molecule has 3 nitrogen and oxygen atoms in total. The summed E-state index contributed by atoms with van der Waals surface area (Å²) in [5.41, 5.74) is 2.36. The predicted molar refractivity (Wildman–Crippen MR) is 136 cm³/mol. The topological polar surface area (TPSA) is 38.7 Å². The van der Waals surface area contributed by atoms with Gasteiger partial charge in [-0.1, -0.05) is 90.5 Å². The van der Waals surface area contributed by atoms with E-state index in [0.29, 0.717) is 23.0 Å². The number of rotatable bonds is 3. The largest absolute Gasteiger partial charge is 0.208 e. The van der Waals surface area contributed by atoms with Crippen molar-refractivity contribution < 1.29 is 4.39 Å². The summed E-state index contributed by atoms with van der Waals surface area (Å²) in [6, 6.07) is 33.0. The fourth-order valence-corrected chi connectivity index (χ4v) is 4.32. The number of hydrogen-bond acceptors (Lipinski definition) is 3. The molecule has 0 bridgehead atoms. The van der Waals surface area contributed by atoms with Gasteiger partial charge in [0.2, 0.25) is 0 Å². The Morgan fingerprint density at radius 2 is 1.09 bits per heavy atom. The van der Waals surface area contributed by atoms with Crippen LogP contribution in [0.3, 0.4) is 0 Å². The van der Waals surface area contributed by atoms with E-state index in [4.69, 9.17) is 21.6 Å². The molecule has 0 unspecified atom stereocenters. The van der Waals surface area contributed by atoms with E-state index in [1.807, 2.05) is 48.5 Å². The molecule has 0 saturated carbocycles. The SMILES string of the molecule is Fc1ccc(-c2nc(-c3ccccc3)nc(-c3ccc4c(ccc5ccccc54)c3)n2)cc1Cl. The third-order valence-electron chi connectivity index (χ3n) is 5.85. The standard InChI is InChI=1S/C29H17ClFN3/c30-25-17-22(13-15-26(25)31)29-33-27(19-7-2-1-3-8-19)32-28(34-29)21-12-14-24-20(16-21)11-10-18-6-4-5-9-23(18)24/h1-17H. The van der Waals surface area contributed by atoms with Gasteiger partial charge in [-0.15, -0.1) is 0 Å². The van der Waals surface area contributed by atoms with Crippen molar-refractivity contribution in [2.75, 3.05) is 0 Å². The third-order valence-corrected chi connectivity index (χ3v) is 6.14. The zero-order valence-corrected chi connectivity index (χ0v) is 18.7. The van der Waals surface area contributed by atoms with E-state index in [1.54, 1.807) is 6.07 Å². The van der Waals surface area contributed by atoms with Crippen molar-refractivity contribution in [3.63, 3.8) is 0 Å². The minimum absolute atomic E-state index is 0.0262. The maximum absolute atomic E-state index is 13.8. The maximum Gasteiger partial charge on any atom is 0.164 e. The van der Waals surface area contributed by atoms with Gasteiger partial charge in [-0.2, -0.15) is 0 Å². The Kier molecular flexibility index (Phi) is 5.01. The van der Waals surface area contributed by atoms with E-state index >= 15 is 0 Å². The molecule has 34 heavy (non-hydrogen) atoms. The van der Waals surface area contributed by atoms with Crippen LogP contribution in [0.25, 0.3) is 55.7 Å². The van der Waals surface area contributed by atoms with Gasteiger partial charge in [0.05, 0.1) is 5.02 Å². The van der Waals surface area contributed by atoms with Crippen LogP contribution in [0, 0.1) is 5.82 Å². The Morgan fingerprint density at radius 1 is 0.500 bits per heavy atom. The lowest BCUT2D eigenvalue weighted by molar-refractivity contribution is 0.628. The first-order chi connectivity index (χ1) is 16.7. The molecule has 0 N–H and O–H groups in total. The first-order valence-electron chi connectivity index (χ1n) is 10.8. The van der Waals surface area contributed by atoms with Gasteiger partial charge in [-0.05, 0) is 45.8 Å². The van der Waals surface area contributed by atoms with E-state index in [0.717, 1.165) is 16.5 Å². The number of nitrogens with zero attached hydrogens (tertiary/aromatic N) is 3. The smallest absolute Gasteiger partial charge is 0.164 e. The van der Waals surface area contributed by atoms with Crippen LogP contribution in [-0.2, 0) is 0 Å². The van der Waals surface area contributed by atoms with E-state index in [1.165, 1.54) is 28.3 Å². The van der Waals surface area contributed by atoms with Gasteiger partial charge in [0.25, 0.3) is 0 Å². The van der Waals surface area contributed by atoms with Crippen molar-refractivity contribution in [3.8, 4) is 34.2 Å². The lowest BCUT2D eigenvalue weighted by Crippen LogP contribution is -2.00. The van der Waals surface area contributed by atoms with Crippen LogP contribution in [0.5, 0.6) is 0 Å². The monoisotopic (exact) mass is 461 g/mol. The van der Waals surface area contributed by atoms with E-state index in [2.05, 4.69) is 41.4 Å². The summed E-state index contributed by atoms with van der Waals surface area (Å²) in [5, 5.41) is 4.70. The quantitative estimate of drug-likeness (QED) is 0.251. The summed E-state index contributed by atoms with van der Waals surface area (Å²) in [5.74, 6) is 1.04. The predicted octanol–water partition coefficient (Wildman–Crippen LogP) is 7.97.